The van der Waals surface area contributed by atoms with Gasteiger partial charge in [0.1, 0.15) is 11.4 Å². The summed E-state index contributed by atoms with van der Waals surface area (Å²) in [6.45, 7) is 7.43. The first-order chi connectivity index (χ1) is 18.2. The molecule has 0 N–H and O–H groups in total. The van der Waals surface area contributed by atoms with Crippen molar-refractivity contribution in [3.05, 3.63) is 131 Å². The van der Waals surface area contributed by atoms with Gasteiger partial charge in [0.2, 0.25) is 0 Å². The molecule has 0 atom stereocenters. The number of hydrogen-bond donors (Lipinski definition) is 0. The van der Waals surface area contributed by atoms with Crippen molar-refractivity contribution < 1.29 is 4.74 Å². The van der Waals surface area contributed by atoms with Gasteiger partial charge in [-0.3, -0.25) is 0 Å². The fourth-order valence-electron chi connectivity index (χ4n) is 5.28. The van der Waals surface area contributed by atoms with E-state index in [1.807, 2.05) is 54.6 Å². The van der Waals surface area contributed by atoms with Gasteiger partial charge in [0.05, 0.1) is 12.6 Å². The van der Waals surface area contributed by atoms with Crippen molar-refractivity contribution in [2.24, 2.45) is 0 Å². The molecule has 3 aromatic carbocycles. The molecule has 0 aromatic heterocycles. The molecule has 0 bridgehead atoms. The summed E-state index contributed by atoms with van der Waals surface area (Å²) >= 11 is 0. The van der Waals surface area contributed by atoms with E-state index in [0.717, 1.165) is 59.6 Å². The number of nitriles is 1. The van der Waals surface area contributed by atoms with Crippen molar-refractivity contribution in [3.63, 3.8) is 0 Å². The van der Waals surface area contributed by atoms with E-state index < -0.39 is 0 Å². The Kier molecular flexibility index (Phi) is 7.20. The van der Waals surface area contributed by atoms with E-state index in [1.54, 1.807) is 0 Å². The SMILES string of the molecule is [C-]#[N+]C(C#N)=C1C=C(C=Cc2ccc(N(c3ccccc3)c3ccccc3)cc2)OC2(CCCCC2)C1. The normalized spacial score (nSPS) is 17.8. The van der Waals surface area contributed by atoms with Crippen LogP contribution in [0.1, 0.15) is 44.1 Å². The predicted octanol–water partition coefficient (Wildman–Crippen LogP) is 8.87. The van der Waals surface area contributed by atoms with Crippen LogP contribution in [-0.2, 0) is 4.74 Å². The van der Waals surface area contributed by atoms with Crippen molar-refractivity contribution in [3.8, 4) is 6.07 Å². The van der Waals surface area contributed by atoms with Crippen LogP contribution >= 0.6 is 0 Å². The first-order valence-corrected chi connectivity index (χ1v) is 12.8. The van der Waals surface area contributed by atoms with E-state index in [0.29, 0.717) is 6.42 Å². The highest BCUT2D eigenvalue weighted by Crippen LogP contribution is 2.43. The lowest BCUT2D eigenvalue weighted by molar-refractivity contribution is -0.0285. The van der Waals surface area contributed by atoms with Crippen molar-refractivity contribution in [1.82, 2.24) is 0 Å². The molecule has 1 heterocycles. The number of benzene rings is 3. The fraction of sp³-hybridized carbons (Fsp3) is 0.212. The van der Waals surface area contributed by atoms with Gasteiger partial charge in [0.15, 0.2) is 0 Å². The van der Waals surface area contributed by atoms with Crippen LogP contribution < -0.4 is 4.90 Å². The third kappa shape index (κ3) is 5.50. The summed E-state index contributed by atoms with van der Waals surface area (Å²) in [6, 6.07) is 31.2. The quantitative estimate of drug-likeness (QED) is 0.269. The Bertz CT molecular complexity index is 1340. The Balaban J connectivity index is 1.42. The molecule has 1 aliphatic heterocycles. The summed E-state index contributed by atoms with van der Waals surface area (Å²) in [5.41, 5.74) is 4.99. The van der Waals surface area contributed by atoms with Crippen molar-refractivity contribution in [2.45, 2.75) is 44.1 Å². The van der Waals surface area contributed by atoms with E-state index in [1.165, 1.54) is 6.42 Å². The molecule has 0 amide bonds. The number of hydrogen-bond acceptors (Lipinski definition) is 3. The molecule has 1 spiro atoms. The second-order valence-electron chi connectivity index (χ2n) is 9.60. The third-order valence-electron chi connectivity index (χ3n) is 7.07. The van der Waals surface area contributed by atoms with Crippen LogP contribution in [0.4, 0.5) is 17.1 Å². The Hall–Kier alpha value is -4.54. The molecule has 0 unspecified atom stereocenters. The fourth-order valence-corrected chi connectivity index (χ4v) is 5.28. The smallest absolute Gasteiger partial charge is 0.265 e. The topological polar surface area (TPSA) is 40.6 Å². The molecule has 0 saturated heterocycles. The van der Waals surface area contributed by atoms with Crippen LogP contribution in [0, 0.1) is 17.9 Å². The minimum atomic E-state index is -0.301. The highest BCUT2D eigenvalue weighted by atomic mass is 16.5. The number of para-hydroxylation sites is 2. The zero-order chi connectivity index (χ0) is 25.5. The van der Waals surface area contributed by atoms with Gasteiger partial charge in [-0.25, -0.2) is 10.1 Å². The van der Waals surface area contributed by atoms with Gasteiger partial charge in [-0.05, 0) is 85.4 Å². The van der Waals surface area contributed by atoms with Crippen LogP contribution in [0.2, 0.25) is 0 Å². The van der Waals surface area contributed by atoms with Gasteiger partial charge < -0.3 is 9.64 Å². The standard InChI is InChI=1S/C33H29N3O/c1-35-32(25-34)27-23-31(37-33(24-27)21-9-4-10-22-33)20-17-26-15-18-30(19-16-26)36(28-11-5-2-6-12-28)29-13-7-3-8-14-29/h2-3,5-8,11-20,23H,4,9-10,21-22,24H2. The van der Waals surface area contributed by atoms with E-state index in [-0.39, 0.29) is 11.3 Å². The Labute approximate surface area is 219 Å². The van der Waals surface area contributed by atoms with Crippen LogP contribution in [0.5, 0.6) is 0 Å². The maximum absolute atomic E-state index is 9.48. The molecule has 4 nitrogen and oxygen atoms in total. The van der Waals surface area contributed by atoms with Gasteiger partial charge >= 0.3 is 0 Å². The minimum absolute atomic E-state index is 0.172. The lowest BCUT2D eigenvalue weighted by atomic mass is 9.78. The Morgan fingerprint density at radius 2 is 1.43 bits per heavy atom. The van der Waals surface area contributed by atoms with E-state index >= 15 is 0 Å². The number of rotatable bonds is 5. The molecular weight excluding hydrogens is 454 g/mol. The highest BCUT2D eigenvalue weighted by Gasteiger charge is 2.38. The van der Waals surface area contributed by atoms with Gasteiger partial charge in [-0.2, -0.15) is 0 Å². The highest BCUT2D eigenvalue weighted by molar-refractivity contribution is 5.77. The number of anilines is 3. The summed E-state index contributed by atoms with van der Waals surface area (Å²) in [5, 5.41) is 9.48. The van der Waals surface area contributed by atoms with Gasteiger partial charge in [-0.15, -0.1) is 0 Å². The van der Waals surface area contributed by atoms with Crippen LogP contribution in [0.3, 0.4) is 0 Å². The molecule has 1 aliphatic carbocycles. The van der Waals surface area contributed by atoms with Crippen molar-refractivity contribution >= 4 is 23.1 Å². The zero-order valence-corrected chi connectivity index (χ0v) is 20.8. The molecule has 182 valence electrons. The number of ether oxygens (including phenoxy) is 1. The van der Waals surface area contributed by atoms with E-state index in [9.17, 15) is 5.26 Å². The van der Waals surface area contributed by atoms with E-state index in [4.69, 9.17) is 11.3 Å². The summed E-state index contributed by atoms with van der Waals surface area (Å²) < 4.78 is 6.50. The molecule has 1 fully saturated rings. The Morgan fingerprint density at radius 3 is 2.00 bits per heavy atom. The lowest BCUT2D eigenvalue weighted by Crippen LogP contribution is -2.37. The zero-order valence-electron chi connectivity index (χ0n) is 20.8. The van der Waals surface area contributed by atoms with Crippen LogP contribution in [0.25, 0.3) is 10.9 Å². The molecule has 2 aliphatic rings. The van der Waals surface area contributed by atoms with Crippen LogP contribution in [-0.4, -0.2) is 5.60 Å². The van der Waals surface area contributed by atoms with Crippen molar-refractivity contribution in [1.29, 1.82) is 5.26 Å². The molecular formula is C33H29N3O. The Morgan fingerprint density at radius 1 is 0.838 bits per heavy atom. The largest absolute Gasteiger partial charge is 0.487 e. The second kappa shape index (κ2) is 11.0. The monoisotopic (exact) mass is 483 g/mol. The third-order valence-corrected chi connectivity index (χ3v) is 7.07. The summed E-state index contributed by atoms with van der Waals surface area (Å²) in [7, 11) is 0. The van der Waals surface area contributed by atoms with Gasteiger partial charge in [0.25, 0.3) is 5.70 Å². The first kappa shape index (κ1) is 24.2. The maximum atomic E-state index is 9.48. The average molecular weight is 484 g/mol. The second-order valence-corrected chi connectivity index (χ2v) is 9.60. The molecule has 4 heteroatoms. The molecule has 37 heavy (non-hydrogen) atoms. The lowest BCUT2D eigenvalue weighted by Gasteiger charge is -2.41. The maximum Gasteiger partial charge on any atom is 0.265 e. The van der Waals surface area contributed by atoms with Gasteiger partial charge in [-0.1, -0.05) is 61.0 Å². The molecule has 3 aromatic rings. The average Bonchev–Trinajstić information content (AvgIpc) is 2.95. The predicted molar refractivity (Wildman–Crippen MR) is 149 cm³/mol. The van der Waals surface area contributed by atoms with Crippen LogP contribution in [0.15, 0.2) is 114 Å². The number of allylic oxidation sites excluding steroid dienone is 3. The summed E-state index contributed by atoms with van der Waals surface area (Å²) in [5.74, 6) is 0.721. The first-order valence-electron chi connectivity index (χ1n) is 12.8. The number of nitrogens with zero attached hydrogens (tertiary/aromatic N) is 3. The summed E-state index contributed by atoms with van der Waals surface area (Å²) in [4.78, 5) is 5.71. The van der Waals surface area contributed by atoms with Crippen molar-refractivity contribution in [2.75, 3.05) is 4.90 Å². The minimum Gasteiger partial charge on any atom is -0.487 e. The summed E-state index contributed by atoms with van der Waals surface area (Å²) in [6.07, 6.45) is 11.9. The molecule has 0 radical (unpaired) electrons. The van der Waals surface area contributed by atoms with Gasteiger partial charge in [0, 0.05) is 23.5 Å². The molecule has 1 saturated carbocycles. The van der Waals surface area contributed by atoms with E-state index in [2.05, 4.69) is 64.3 Å². The molecule has 5 rings (SSSR count).